The lowest BCUT2D eigenvalue weighted by atomic mass is 10.1. The fourth-order valence-electron chi connectivity index (χ4n) is 3.03. The minimum Gasteiger partial charge on any atom is -0.395 e. The van der Waals surface area contributed by atoms with Gasteiger partial charge in [-0.05, 0) is 47.9 Å². The van der Waals surface area contributed by atoms with Crippen molar-refractivity contribution in [1.82, 2.24) is 4.90 Å². The molecule has 1 aromatic carbocycles. The molecule has 0 unspecified atom stereocenters. The fraction of sp³-hybridized carbons (Fsp3) is 0.250. The topological polar surface area (TPSA) is 40.5 Å². The normalized spacial score (nSPS) is 11.3. The van der Waals surface area contributed by atoms with Crippen LogP contribution in [0.3, 0.4) is 0 Å². The second-order valence-corrected chi connectivity index (χ2v) is 6.04. The van der Waals surface area contributed by atoms with E-state index in [4.69, 9.17) is 0 Å². The van der Waals surface area contributed by atoms with Gasteiger partial charge in [-0.25, -0.2) is 0 Å². The zero-order valence-corrected chi connectivity index (χ0v) is 13.5. The Morgan fingerprint density at radius 1 is 1.09 bits per heavy atom. The van der Waals surface area contributed by atoms with Crippen molar-refractivity contribution in [3.63, 3.8) is 0 Å². The van der Waals surface area contributed by atoms with E-state index < -0.39 is 0 Å². The Balaban J connectivity index is 2.11. The number of fused-ring (bicyclic) bond motifs is 3. The Morgan fingerprint density at radius 2 is 1.83 bits per heavy atom. The number of nitrogens with zero attached hydrogens (tertiary/aromatic N) is 1. The number of rotatable bonds is 4. The summed E-state index contributed by atoms with van der Waals surface area (Å²) in [5, 5.41) is 11.5. The Kier molecular flexibility index (Phi) is 4.30. The SMILES string of the molecule is CC(C)N(CCO)C(=O)c1cc2cccc3ccccc3c-2c1. The van der Waals surface area contributed by atoms with Gasteiger partial charge in [0, 0.05) is 18.2 Å². The highest BCUT2D eigenvalue weighted by molar-refractivity contribution is 6.04. The van der Waals surface area contributed by atoms with Gasteiger partial charge >= 0.3 is 0 Å². The van der Waals surface area contributed by atoms with Crippen molar-refractivity contribution >= 4 is 16.7 Å². The molecule has 3 nitrogen and oxygen atoms in total. The van der Waals surface area contributed by atoms with E-state index in [-0.39, 0.29) is 18.6 Å². The lowest BCUT2D eigenvalue weighted by Gasteiger charge is -2.25. The summed E-state index contributed by atoms with van der Waals surface area (Å²) in [6.07, 6.45) is 0. The molecule has 0 radical (unpaired) electrons. The first-order chi connectivity index (χ1) is 11.1. The molecular formula is C20H21NO2. The minimum absolute atomic E-state index is 0.0258. The van der Waals surface area contributed by atoms with Crippen LogP contribution < -0.4 is 0 Å². The van der Waals surface area contributed by atoms with Crippen LogP contribution in [-0.2, 0) is 0 Å². The lowest BCUT2D eigenvalue weighted by molar-refractivity contribution is 0.0666. The number of carbonyl (C=O) groups excluding carboxylic acids is 1. The lowest BCUT2D eigenvalue weighted by Crippen LogP contribution is -2.38. The third-order valence-corrected chi connectivity index (χ3v) is 4.20. The van der Waals surface area contributed by atoms with Crippen molar-refractivity contribution in [2.24, 2.45) is 0 Å². The van der Waals surface area contributed by atoms with E-state index in [1.54, 1.807) is 4.90 Å². The summed E-state index contributed by atoms with van der Waals surface area (Å²) in [4.78, 5) is 14.5. The average Bonchev–Trinajstić information content (AvgIpc) is 2.89. The maximum atomic E-state index is 12.8. The highest BCUT2D eigenvalue weighted by Gasteiger charge is 2.21. The number of benzene rings is 1. The standard InChI is InChI=1S/C20H21NO2/c1-14(2)21(10-11-22)20(23)17-12-16-8-5-7-15-6-3-4-9-18(15)19(16)13-17/h3-9,12-14,22H,10-11H2,1-2H3. The van der Waals surface area contributed by atoms with E-state index in [9.17, 15) is 9.90 Å². The Morgan fingerprint density at radius 3 is 2.57 bits per heavy atom. The highest BCUT2D eigenvalue weighted by Crippen LogP contribution is 2.32. The van der Waals surface area contributed by atoms with Crippen LogP contribution in [0.5, 0.6) is 0 Å². The molecule has 0 aromatic heterocycles. The largest absolute Gasteiger partial charge is 0.395 e. The minimum atomic E-state index is -0.0306. The van der Waals surface area contributed by atoms with Crippen LogP contribution in [0, 0.1) is 0 Å². The van der Waals surface area contributed by atoms with Crippen molar-refractivity contribution in [2.45, 2.75) is 19.9 Å². The van der Waals surface area contributed by atoms with Gasteiger partial charge in [-0.1, -0.05) is 42.5 Å². The Bertz CT molecular complexity index is 810. The highest BCUT2D eigenvalue weighted by atomic mass is 16.3. The van der Waals surface area contributed by atoms with Crippen LogP contribution in [-0.4, -0.2) is 35.1 Å². The van der Waals surface area contributed by atoms with E-state index in [0.29, 0.717) is 12.1 Å². The zero-order chi connectivity index (χ0) is 16.4. The maximum Gasteiger partial charge on any atom is 0.254 e. The molecule has 2 aliphatic rings. The molecule has 1 N–H and O–H groups in total. The quantitative estimate of drug-likeness (QED) is 0.796. The molecule has 1 amide bonds. The van der Waals surface area contributed by atoms with Crippen LogP contribution in [0.25, 0.3) is 21.9 Å². The van der Waals surface area contributed by atoms with E-state index in [1.165, 1.54) is 0 Å². The molecule has 118 valence electrons. The third-order valence-electron chi connectivity index (χ3n) is 4.20. The van der Waals surface area contributed by atoms with Gasteiger partial charge in [0.15, 0.2) is 0 Å². The molecule has 0 saturated carbocycles. The smallest absolute Gasteiger partial charge is 0.254 e. The summed E-state index contributed by atoms with van der Waals surface area (Å²) in [6, 6.07) is 18.3. The van der Waals surface area contributed by atoms with Gasteiger partial charge in [-0.2, -0.15) is 0 Å². The molecule has 1 aromatic rings. The number of hydrogen-bond donors (Lipinski definition) is 1. The van der Waals surface area contributed by atoms with Gasteiger partial charge in [0.2, 0.25) is 0 Å². The second kappa shape index (κ2) is 6.39. The van der Waals surface area contributed by atoms with Crippen molar-refractivity contribution in [3.05, 3.63) is 60.2 Å². The van der Waals surface area contributed by atoms with E-state index in [2.05, 4.69) is 18.2 Å². The molecule has 2 aliphatic carbocycles. The van der Waals surface area contributed by atoms with Gasteiger partial charge in [-0.3, -0.25) is 4.79 Å². The summed E-state index contributed by atoms with van der Waals surface area (Å²) in [6.45, 7) is 4.26. The van der Waals surface area contributed by atoms with Gasteiger partial charge in [-0.15, -0.1) is 0 Å². The maximum absolute atomic E-state index is 12.8. The molecule has 0 saturated heterocycles. The summed E-state index contributed by atoms with van der Waals surface area (Å²) >= 11 is 0. The van der Waals surface area contributed by atoms with Crippen molar-refractivity contribution in [2.75, 3.05) is 13.2 Å². The Hall–Kier alpha value is -2.39. The van der Waals surface area contributed by atoms with Crippen LogP contribution in [0.2, 0.25) is 0 Å². The summed E-state index contributed by atoms with van der Waals surface area (Å²) in [7, 11) is 0. The predicted octanol–water partition coefficient (Wildman–Crippen LogP) is 3.79. The number of aliphatic hydroxyl groups is 1. The molecule has 0 spiro atoms. The second-order valence-electron chi connectivity index (χ2n) is 6.04. The molecular weight excluding hydrogens is 286 g/mol. The van der Waals surface area contributed by atoms with Gasteiger partial charge in [0.25, 0.3) is 5.91 Å². The number of hydrogen-bond acceptors (Lipinski definition) is 2. The molecule has 0 heterocycles. The predicted molar refractivity (Wildman–Crippen MR) is 93.8 cm³/mol. The molecule has 0 bridgehead atoms. The molecule has 23 heavy (non-hydrogen) atoms. The summed E-state index contributed by atoms with van der Waals surface area (Å²) in [5.41, 5.74) is 2.82. The van der Waals surface area contributed by atoms with Gasteiger partial charge in [0.1, 0.15) is 0 Å². The molecule has 3 rings (SSSR count). The zero-order valence-electron chi connectivity index (χ0n) is 13.5. The number of carbonyl (C=O) groups is 1. The van der Waals surface area contributed by atoms with Gasteiger partial charge < -0.3 is 10.0 Å². The first-order valence-electron chi connectivity index (χ1n) is 7.95. The van der Waals surface area contributed by atoms with Crippen LogP contribution in [0.1, 0.15) is 24.2 Å². The Labute approximate surface area is 136 Å². The summed E-state index contributed by atoms with van der Waals surface area (Å²) < 4.78 is 0. The number of amides is 1. The van der Waals surface area contributed by atoms with E-state index in [1.807, 2.05) is 50.2 Å². The molecule has 0 fully saturated rings. The number of aliphatic hydroxyl groups excluding tert-OH is 1. The molecule has 3 heteroatoms. The van der Waals surface area contributed by atoms with Crippen molar-refractivity contribution in [1.29, 1.82) is 0 Å². The van der Waals surface area contributed by atoms with Crippen molar-refractivity contribution < 1.29 is 9.90 Å². The average molecular weight is 307 g/mol. The van der Waals surface area contributed by atoms with Crippen LogP contribution >= 0.6 is 0 Å². The van der Waals surface area contributed by atoms with E-state index >= 15 is 0 Å². The van der Waals surface area contributed by atoms with Crippen LogP contribution in [0.15, 0.2) is 54.6 Å². The van der Waals surface area contributed by atoms with Gasteiger partial charge in [0.05, 0.1) is 6.61 Å². The molecule has 0 aliphatic heterocycles. The summed E-state index contributed by atoms with van der Waals surface area (Å²) in [5.74, 6) is -0.0306. The van der Waals surface area contributed by atoms with Crippen LogP contribution in [0.4, 0.5) is 0 Å². The fourth-order valence-corrected chi connectivity index (χ4v) is 3.03. The van der Waals surface area contributed by atoms with E-state index in [0.717, 1.165) is 21.9 Å². The van der Waals surface area contributed by atoms with Crippen molar-refractivity contribution in [3.8, 4) is 11.1 Å². The molecule has 0 atom stereocenters. The first-order valence-corrected chi connectivity index (χ1v) is 7.95. The first kappa shape index (κ1) is 15.5. The third kappa shape index (κ3) is 2.92. The monoisotopic (exact) mass is 307 g/mol.